The molecule has 0 aromatic carbocycles. The molecule has 0 radical (unpaired) electrons. The van der Waals surface area contributed by atoms with E-state index in [4.69, 9.17) is 5.11 Å². The second-order valence-corrected chi connectivity index (χ2v) is 5.03. The van der Waals surface area contributed by atoms with Gasteiger partial charge in [0, 0.05) is 18.6 Å². The van der Waals surface area contributed by atoms with Crippen molar-refractivity contribution in [3.05, 3.63) is 0 Å². The van der Waals surface area contributed by atoms with E-state index in [2.05, 4.69) is 31.0 Å². The maximum atomic E-state index is 10.5. The monoisotopic (exact) mass is 216 g/mol. The van der Waals surface area contributed by atoms with Crippen molar-refractivity contribution in [2.45, 2.75) is 44.9 Å². The van der Waals surface area contributed by atoms with Crippen LogP contribution < -0.4 is 5.32 Å². The van der Waals surface area contributed by atoms with E-state index in [0.29, 0.717) is 13.0 Å². The van der Waals surface area contributed by atoms with E-state index in [1.165, 1.54) is 0 Å². The lowest BCUT2D eigenvalue weighted by Gasteiger charge is -2.43. The molecule has 1 aliphatic rings. The van der Waals surface area contributed by atoms with Crippen LogP contribution in [0, 0.1) is 0 Å². The average Bonchev–Trinajstić information content (AvgIpc) is 2.05. The molecule has 1 saturated heterocycles. The molecule has 15 heavy (non-hydrogen) atoms. The van der Waals surface area contributed by atoms with Crippen molar-refractivity contribution in [3.8, 4) is 0 Å². The Balaban J connectivity index is 2.51. The quantitative estimate of drug-likeness (QED) is 0.596. The highest BCUT2D eigenvalue weighted by Gasteiger charge is 2.33. The van der Waals surface area contributed by atoms with E-state index < -0.39 is 12.2 Å². The topological polar surface area (TPSA) is 72.8 Å². The molecule has 88 valence electrons. The molecule has 0 aromatic rings. The number of likely N-dealkylation sites (tertiary alicyclic amines) is 1. The Morgan fingerprint density at radius 1 is 1.47 bits per heavy atom. The molecule has 1 amide bonds. The molecule has 1 rings (SSSR count). The molecular formula is C10H20N2O3. The molecule has 0 unspecified atom stereocenters. The van der Waals surface area contributed by atoms with E-state index in [1.54, 1.807) is 0 Å². The lowest BCUT2D eigenvalue weighted by molar-refractivity contribution is 0.00157. The summed E-state index contributed by atoms with van der Waals surface area (Å²) in [6.45, 7) is 7.60. The third-order valence-electron chi connectivity index (χ3n) is 2.84. The van der Waals surface area contributed by atoms with Crippen molar-refractivity contribution in [3.63, 3.8) is 0 Å². The summed E-state index contributed by atoms with van der Waals surface area (Å²) in [5.74, 6) is 0. The minimum absolute atomic E-state index is 0.0230. The SMILES string of the molecule is CC(C)(C)N1CC[C@H](NC(=O)O)[C@@H](O)C1. The predicted octanol–water partition coefficient (Wildman–Crippen LogP) is 0.488. The van der Waals surface area contributed by atoms with Crippen LogP contribution in [0.5, 0.6) is 0 Å². The molecule has 2 atom stereocenters. The summed E-state index contributed by atoms with van der Waals surface area (Å²) in [5, 5.41) is 20.7. The van der Waals surface area contributed by atoms with Gasteiger partial charge in [-0.15, -0.1) is 0 Å². The lowest BCUT2D eigenvalue weighted by atomic mass is 9.96. The van der Waals surface area contributed by atoms with Crippen LogP contribution in [0.15, 0.2) is 0 Å². The number of piperidine rings is 1. The number of aliphatic hydroxyl groups is 1. The summed E-state index contributed by atoms with van der Waals surface area (Å²) in [6, 6.07) is -0.332. The Morgan fingerprint density at radius 2 is 2.07 bits per heavy atom. The Bertz CT molecular complexity index is 237. The van der Waals surface area contributed by atoms with Crippen molar-refractivity contribution >= 4 is 6.09 Å². The first-order chi connectivity index (χ1) is 6.80. The third-order valence-corrected chi connectivity index (χ3v) is 2.84. The number of amides is 1. The van der Waals surface area contributed by atoms with Crippen LogP contribution >= 0.6 is 0 Å². The zero-order chi connectivity index (χ0) is 11.6. The van der Waals surface area contributed by atoms with Crippen molar-refractivity contribution in [1.29, 1.82) is 0 Å². The average molecular weight is 216 g/mol. The van der Waals surface area contributed by atoms with Gasteiger partial charge in [0.2, 0.25) is 0 Å². The molecule has 0 bridgehead atoms. The molecule has 5 heteroatoms. The van der Waals surface area contributed by atoms with Crippen LogP contribution in [0.1, 0.15) is 27.2 Å². The van der Waals surface area contributed by atoms with Crippen LogP contribution in [0.4, 0.5) is 4.79 Å². The third kappa shape index (κ3) is 3.35. The largest absolute Gasteiger partial charge is 0.465 e. The zero-order valence-electron chi connectivity index (χ0n) is 9.53. The number of nitrogens with one attached hydrogen (secondary N) is 1. The van der Waals surface area contributed by atoms with Gasteiger partial charge in [-0.2, -0.15) is 0 Å². The van der Waals surface area contributed by atoms with E-state index in [-0.39, 0.29) is 11.6 Å². The molecule has 5 nitrogen and oxygen atoms in total. The van der Waals surface area contributed by atoms with E-state index in [9.17, 15) is 9.90 Å². The first kappa shape index (κ1) is 12.3. The summed E-state index contributed by atoms with van der Waals surface area (Å²) in [4.78, 5) is 12.6. The Hall–Kier alpha value is -0.810. The number of nitrogens with zero attached hydrogens (tertiary/aromatic N) is 1. The maximum Gasteiger partial charge on any atom is 0.404 e. The van der Waals surface area contributed by atoms with Crippen LogP contribution in [-0.4, -0.2) is 52.0 Å². The Morgan fingerprint density at radius 3 is 2.47 bits per heavy atom. The van der Waals surface area contributed by atoms with Crippen molar-refractivity contribution in [1.82, 2.24) is 10.2 Å². The van der Waals surface area contributed by atoms with Gasteiger partial charge in [-0.1, -0.05) is 0 Å². The number of aliphatic hydroxyl groups excluding tert-OH is 1. The Kier molecular flexibility index (Phi) is 3.57. The zero-order valence-corrected chi connectivity index (χ0v) is 9.53. The Labute approximate surface area is 90.1 Å². The highest BCUT2D eigenvalue weighted by atomic mass is 16.4. The molecular weight excluding hydrogens is 196 g/mol. The van der Waals surface area contributed by atoms with Gasteiger partial charge in [-0.05, 0) is 27.2 Å². The molecule has 0 aromatic heterocycles. The van der Waals surface area contributed by atoms with Gasteiger partial charge < -0.3 is 15.5 Å². The standard InChI is InChI=1S/C10H20N2O3/c1-10(2,3)12-5-4-7(8(13)6-12)11-9(14)15/h7-8,11,13H,4-6H2,1-3H3,(H,14,15)/t7-,8-/m0/s1. The van der Waals surface area contributed by atoms with Crippen molar-refractivity contribution in [2.75, 3.05) is 13.1 Å². The van der Waals surface area contributed by atoms with Gasteiger partial charge in [0.1, 0.15) is 0 Å². The molecule has 0 aliphatic carbocycles. The van der Waals surface area contributed by atoms with Gasteiger partial charge in [0.05, 0.1) is 12.1 Å². The maximum absolute atomic E-state index is 10.5. The molecule has 1 fully saturated rings. The van der Waals surface area contributed by atoms with E-state index in [1.807, 2.05) is 0 Å². The second-order valence-electron chi connectivity index (χ2n) is 5.03. The minimum atomic E-state index is -1.07. The summed E-state index contributed by atoms with van der Waals surface area (Å²) in [5.41, 5.74) is 0.0230. The van der Waals surface area contributed by atoms with Crippen LogP contribution in [0.3, 0.4) is 0 Å². The van der Waals surface area contributed by atoms with E-state index >= 15 is 0 Å². The van der Waals surface area contributed by atoms with Crippen molar-refractivity contribution in [2.24, 2.45) is 0 Å². The normalized spacial score (nSPS) is 28.8. The number of β-amino-alcohol motifs (C(OH)–C–C–N with tert-alkyl or cyclic N) is 1. The van der Waals surface area contributed by atoms with Gasteiger partial charge in [0.25, 0.3) is 0 Å². The van der Waals surface area contributed by atoms with Crippen molar-refractivity contribution < 1.29 is 15.0 Å². The smallest absolute Gasteiger partial charge is 0.404 e. The summed E-state index contributed by atoms with van der Waals surface area (Å²) < 4.78 is 0. The first-order valence-electron chi connectivity index (χ1n) is 5.23. The molecule has 1 heterocycles. The second kappa shape index (κ2) is 4.37. The summed E-state index contributed by atoms with van der Waals surface area (Å²) in [6.07, 6.45) is -1.03. The molecule has 1 aliphatic heterocycles. The fourth-order valence-electron chi connectivity index (χ4n) is 1.87. The number of carboxylic acid groups (broad SMARTS) is 1. The van der Waals surface area contributed by atoms with Crippen LogP contribution in [-0.2, 0) is 0 Å². The summed E-state index contributed by atoms with van der Waals surface area (Å²) >= 11 is 0. The predicted molar refractivity (Wildman–Crippen MR) is 56.9 cm³/mol. The number of hydrogen-bond acceptors (Lipinski definition) is 3. The number of carbonyl (C=O) groups is 1. The fraction of sp³-hybridized carbons (Fsp3) is 0.900. The minimum Gasteiger partial charge on any atom is -0.465 e. The highest BCUT2D eigenvalue weighted by molar-refractivity contribution is 5.64. The van der Waals surface area contributed by atoms with E-state index in [0.717, 1.165) is 6.54 Å². The van der Waals surface area contributed by atoms with Gasteiger partial charge in [-0.3, -0.25) is 4.90 Å². The van der Waals surface area contributed by atoms with Crippen LogP contribution in [0.2, 0.25) is 0 Å². The number of hydrogen-bond donors (Lipinski definition) is 3. The molecule has 3 N–H and O–H groups in total. The highest BCUT2D eigenvalue weighted by Crippen LogP contribution is 2.20. The summed E-state index contributed by atoms with van der Waals surface area (Å²) in [7, 11) is 0. The molecule has 0 saturated carbocycles. The van der Waals surface area contributed by atoms with Gasteiger partial charge in [0.15, 0.2) is 0 Å². The fourth-order valence-corrected chi connectivity index (χ4v) is 1.87. The van der Waals surface area contributed by atoms with Gasteiger partial charge in [-0.25, -0.2) is 4.79 Å². The van der Waals surface area contributed by atoms with Crippen LogP contribution in [0.25, 0.3) is 0 Å². The van der Waals surface area contributed by atoms with Gasteiger partial charge >= 0.3 is 6.09 Å². The lowest BCUT2D eigenvalue weighted by Crippen LogP contribution is -2.58. The number of rotatable bonds is 1. The first-order valence-corrected chi connectivity index (χ1v) is 5.23. The molecule has 0 spiro atoms.